The predicted molar refractivity (Wildman–Crippen MR) is 92.5 cm³/mol. The lowest BCUT2D eigenvalue weighted by molar-refractivity contribution is 0.200. The fourth-order valence-corrected chi connectivity index (χ4v) is 4.89. The highest BCUT2D eigenvalue weighted by atomic mass is 79.9. The van der Waals surface area contributed by atoms with Crippen LogP contribution in [-0.2, 0) is 0 Å². The van der Waals surface area contributed by atoms with Gasteiger partial charge in [0.2, 0.25) is 0 Å². The van der Waals surface area contributed by atoms with Gasteiger partial charge in [-0.25, -0.2) is 0 Å². The molecular weight excluding hydrogens is 380 g/mol. The van der Waals surface area contributed by atoms with Crippen LogP contribution in [0.5, 0.6) is 0 Å². The molecule has 2 nitrogen and oxygen atoms in total. The van der Waals surface area contributed by atoms with Gasteiger partial charge in [-0.05, 0) is 53.9 Å². The third-order valence-electron chi connectivity index (χ3n) is 4.81. The molecule has 3 rings (SSSR count). The molecular formula is C16H22Br2N2. The van der Waals surface area contributed by atoms with Crippen molar-refractivity contribution < 1.29 is 0 Å². The van der Waals surface area contributed by atoms with E-state index >= 15 is 0 Å². The van der Waals surface area contributed by atoms with Crippen molar-refractivity contribution in [1.29, 1.82) is 0 Å². The Kier molecular flexibility index (Phi) is 4.44. The van der Waals surface area contributed by atoms with E-state index in [1.165, 1.54) is 42.3 Å². The van der Waals surface area contributed by atoms with Gasteiger partial charge in [-0.3, -0.25) is 0 Å². The van der Waals surface area contributed by atoms with Crippen LogP contribution in [0.15, 0.2) is 27.1 Å². The number of nitrogens with zero attached hydrogens (tertiary/aromatic N) is 1. The van der Waals surface area contributed by atoms with Gasteiger partial charge in [-0.1, -0.05) is 35.2 Å². The number of piperazine rings is 1. The first-order chi connectivity index (χ1) is 9.60. The number of rotatable bonds is 1. The highest BCUT2D eigenvalue weighted by molar-refractivity contribution is 9.11. The third-order valence-corrected chi connectivity index (χ3v) is 5.94. The van der Waals surface area contributed by atoms with Crippen LogP contribution in [0, 0.1) is 0 Å². The maximum atomic E-state index is 3.85. The van der Waals surface area contributed by atoms with E-state index in [0.29, 0.717) is 11.6 Å². The normalized spacial score (nSPS) is 25.9. The van der Waals surface area contributed by atoms with Gasteiger partial charge in [0, 0.05) is 33.6 Å². The average Bonchev–Trinajstić information content (AvgIpc) is 2.43. The van der Waals surface area contributed by atoms with E-state index in [-0.39, 0.29) is 0 Å². The Morgan fingerprint density at radius 2 is 1.95 bits per heavy atom. The number of benzene rings is 1. The molecule has 1 atom stereocenters. The second-order valence-electron chi connectivity index (χ2n) is 6.29. The maximum absolute atomic E-state index is 3.85. The summed E-state index contributed by atoms with van der Waals surface area (Å²) in [7, 11) is 0. The minimum Gasteiger partial charge on any atom is -0.365 e. The number of anilines is 1. The molecule has 1 aromatic carbocycles. The van der Waals surface area contributed by atoms with Crippen molar-refractivity contribution in [3.8, 4) is 0 Å². The summed E-state index contributed by atoms with van der Waals surface area (Å²) >= 11 is 7.28. The Morgan fingerprint density at radius 1 is 1.20 bits per heavy atom. The van der Waals surface area contributed by atoms with Crippen molar-refractivity contribution in [3.63, 3.8) is 0 Å². The summed E-state index contributed by atoms with van der Waals surface area (Å²) < 4.78 is 2.31. The summed E-state index contributed by atoms with van der Waals surface area (Å²) in [6, 6.07) is 7.06. The van der Waals surface area contributed by atoms with Crippen LogP contribution in [0.4, 0.5) is 5.69 Å². The van der Waals surface area contributed by atoms with E-state index in [1.54, 1.807) is 0 Å². The van der Waals surface area contributed by atoms with Crippen molar-refractivity contribution >= 4 is 37.5 Å². The Morgan fingerprint density at radius 3 is 2.65 bits per heavy atom. The van der Waals surface area contributed by atoms with E-state index in [0.717, 1.165) is 17.6 Å². The smallest absolute Gasteiger partial charge is 0.0514 e. The molecule has 1 heterocycles. The van der Waals surface area contributed by atoms with Gasteiger partial charge in [0.15, 0.2) is 0 Å². The predicted octanol–water partition coefficient (Wildman–Crippen LogP) is 4.71. The summed E-state index contributed by atoms with van der Waals surface area (Å²) in [5.41, 5.74) is 1.67. The highest BCUT2D eigenvalue weighted by Crippen LogP contribution is 2.37. The second kappa shape index (κ2) is 5.98. The first-order valence-electron chi connectivity index (χ1n) is 7.56. The first-order valence-corrected chi connectivity index (χ1v) is 9.15. The molecule has 1 aliphatic carbocycles. The topological polar surface area (TPSA) is 15.3 Å². The molecule has 0 aromatic heterocycles. The van der Waals surface area contributed by atoms with E-state index in [9.17, 15) is 0 Å². The maximum Gasteiger partial charge on any atom is 0.0514 e. The summed E-state index contributed by atoms with van der Waals surface area (Å²) in [5, 5.41) is 3.85. The molecule has 110 valence electrons. The average molecular weight is 402 g/mol. The number of halogens is 2. The van der Waals surface area contributed by atoms with E-state index < -0.39 is 0 Å². The van der Waals surface area contributed by atoms with Gasteiger partial charge in [-0.15, -0.1) is 0 Å². The molecule has 1 aromatic rings. The lowest BCUT2D eigenvalue weighted by Gasteiger charge is -2.50. The SMILES string of the molecule is CC1CNC2(CCCCC2)CN1c1ccc(Br)cc1Br. The third kappa shape index (κ3) is 2.93. The van der Waals surface area contributed by atoms with Crippen LogP contribution in [0.1, 0.15) is 39.0 Å². The zero-order chi connectivity index (χ0) is 14.2. The van der Waals surface area contributed by atoms with Gasteiger partial charge in [0.05, 0.1) is 5.69 Å². The highest BCUT2D eigenvalue weighted by Gasteiger charge is 2.39. The monoisotopic (exact) mass is 400 g/mol. The van der Waals surface area contributed by atoms with E-state index in [1.807, 2.05) is 0 Å². The molecule has 1 saturated heterocycles. The van der Waals surface area contributed by atoms with Crippen LogP contribution < -0.4 is 10.2 Å². The largest absolute Gasteiger partial charge is 0.365 e. The first kappa shape index (κ1) is 14.9. The standard InChI is InChI=1S/C16H22Br2N2/c1-12-10-19-16(7-3-2-4-8-16)11-20(12)15-6-5-13(17)9-14(15)18/h5-6,9,12,19H,2-4,7-8,10-11H2,1H3. The Bertz CT molecular complexity index is 483. The van der Waals surface area contributed by atoms with Crippen LogP contribution in [0.2, 0.25) is 0 Å². The minimum atomic E-state index is 0.345. The molecule has 1 saturated carbocycles. The van der Waals surface area contributed by atoms with Crippen LogP contribution >= 0.6 is 31.9 Å². The summed E-state index contributed by atoms with van der Waals surface area (Å²) in [5.74, 6) is 0. The van der Waals surface area contributed by atoms with Crippen molar-refractivity contribution in [2.45, 2.75) is 50.6 Å². The quantitative estimate of drug-likeness (QED) is 0.732. The number of hydrogen-bond acceptors (Lipinski definition) is 2. The molecule has 0 amide bonds. The summed E-state index contributed by atoms with van der Waals surface area (Å²) in [6.45, 7) is 4.54. The zero-order valence-electron chi connectivity index (χ0n) is 12.0. The van der Waals surface area contributed by atoms with Crippen molar-refractivity contribution in [1.82, 2.24) is 5.32 Å². The number of nitrogens with one attached hydrogen (secondary N) is 1. The van der Waals surface area contributed by atoms with Crippen LogP contribution in [-0.4, -0.2) is 24.7 Å². The van der Waals surface area contributed by atoms with Crippen molar-refractivity contribution in [2.75, 3.05) is 18.0 Å². The number of hydrogen-bond donors (Lipinski definition) is 1. The lowest BCUT2D eigenvalue weighted by atomic mass is 9.79. The Hall–Kier alpha value is -0.0600. The summed E-state index contributed by atoms with van der Waals surface area (Å²) in [6.07, 6.45) is 6.79. The van der Waals surface area contributed by atoms with Gasteiger partial charge in [0.1, 0.15) is 0 Å². The molecule has 1 spiro atoms. The fraction of sp³-hybridized carbons (Fsp3) is 0.625. The zero-order valence-corrected chi connectivity index (χ0v) is 15.1. The second-order valence-corrected chi connectivity index (χ2v) is 8.06. The lowest BCUT2D eigenvalue weighted by Crippen LogP contribution is -2.64. The van der Waals surface area contributed by atoms with Crippen molar-refractivity contribution in [3.05, 3.63) is 27.1 Å². The molecule has 0 bridgehead atoms. The van der Waals surface area contributed by atoms with Gasteiger partial charge in [0.25, 0.3) is 0 Å². The van der Waals surface area contributed by atoms with E-state index in [2.05, 4.69) is 67.2 Å². The molecule has 20 heavy (non-hydrogen) atoms. The minimum absolute atomic E-state index is 0.345. The van der Waals surface area contributed by atoms with Gasteiger partial charge < -0.3 is 10.2 Å². The Labute approximate surface area is 138 Å². The van der Waals surface area contributed by atoms with Gasteiger partial charge in [-0.2, -0.15) is 0 Å². The molecule has 2 fully saturated rings. The van der Waals surface area contributed by atoms with Crippen LogP contribution in [0.3, 0.4) is 0 Å². The molecule has 1 aliphatic heterocycles. The van der Waals surface area contributed by atoms with E-state index in [4.69, 9.17) is 0 Å². The molecule has 4 heteroatoms. The van der Waals surface area contributed by atoms with Gasteiger partial charge >= 0.3 is 0 Å². The van der Waals surface area contributed by atoms with Crippen LogP contribution in [0.25, 0.3) is 0 Å². The fourth-order valence-electron chi connectivity index (χ4n) is 3.61. The molecule has 2 aliphatic rings. The molecule has 1 unspecified atom stereocenters. The summed E-state index contributed by atoms with van der Waals surface area (Å²) in [4.78, 5) is 2.58. The Balaban J connectivity index is 1.86. The molecule has 1 N–H and O–H groups in total. The van der Waals surface area contributed by atoms with Crippen molar-refractivity contribution in [2.24, 2.45) is 0 Å². The molecule has 0 radical (unpaired) electrons.